The van der Waals surface area contributed by atoms with Crippen molar-refractivity contribution in [2.75, 3.05) is 26.4 Å². The predicted molar refractivity (Wildman–Crippen MR) is 265 cm³/mol. The molecule has 0 bridgehead atoms. The SMILES string of the molecule is CCCCCCCCCCCCc1cc2c(s1)-c1cc3cc4c(cc3cc1C2(OCC)OCC)-c1sc2cc(CCCCCCCCCCCC)sc2c1C4(OCC)OCC. The van der Waals surface area contributed by atoms with Gasteiger partial charge in [0, 0.05) is 78.5 Å². The van der Waals surface area contributed by atoms with Crippen molar-refractivity contribution < 1.29 is 18.9 Å². The average Bonchev–Trinajstić information content (AvgIpc) is 4.04. The van der Waals surface area contributed by atoms with E-state index in [1.54, 1.807) is 0 Å². The summed E-state index contributed by atoms with van der Waals surface area (Å²) in [5, 5.41) is 2.41. The molecule has 7 heteroatoms. The molecular weight excluding hydrogens is 809 g/mol. The summed E-state index contributed by atoms with van der Waals surface area (Å²) < 4.78 is 29.9. The molecule has 0 saturated heterocycles. The van der Waals surface area contributed by atoms with Gasteiger partial charge in [0.25, 0.3) is 0 Å². The van der Waals surface area contributed by atoms with Gasteiger partial charge in [0.2, 0.25) is 11.6 Å². The number of unbranched alkanes of at least 4 members (excludes halogenated alkanes) is 18. The van der Waals surface area contributed by atoms with Crippen LogP contribution in [0.1, 0.15) is 202 Å². The van der Waals surface area contributed by atoms with Gasteiger partial charge in [-0.3, -0.25) is 0 Å². The van der Waals surface area contributed by atoms with Crippen LogP contribution >= 0.6 is 34.0 Å². The van der Waals surface area contributed by atoms with Crippen LogP contribution in [0.4, 0.5) is 0 Å². The summed E-state index contributed by atoms with van der Waals surface area (Å²) in [5.74, 6) is -1.81. The Morgan fingerprint density at radius 2 is 0.820 bits per heavy atom. The van der Waals surface area contributed by atoms with Crippen molar-refractivity contribution in [1.29, 1.82) is 0 Å². The molecule has 0 atom stereocenters. The molecule has 2 aliphatic carbocycles. The molecule has 0 amide bonds. The van der Waals surface area contributed by atoms with E-state index in [0.717, 1.165) is 24.0 Å². The minimum Gasteiger partial charge on any atom is -0.342 e. The van der Waals surface area contributed by atoms with Crippen LogP contribution in [0.15, 0.2) is 36.4 Å². The van der Waals surface area contributed by atoms with Gasteiger partial charge in [-0.1, -0.05) is 129 Å². The van der Waals surface area contributed by atoms with Crippen LogP contribution in [-0.4, -0.2) is 26.4 Å². The highest BCUT2D eigenvalue weighted by Gasteiger charge is 2.50. The molecule has 0 spiro atoms. The first-order valence-corrected chi connectivity index (χ1v) is 27.3. The largest absolute Gasteiger partial charge is 0.342 e. The molecule has 0 fully saturated rings. The Morgan fingerprint density at radius 1 is 0.393 bits per heavy atom. The molecule has 3 aromatic heterocycles. The molecule has 0 radical (unpaired) electrons. The van der Waals surface area contributed by atoms with Crippen molar-refractivity contribution in [3.8, 4) is 20.9 Å². The minimum absolute atomic E-state index is 0.570. The van der Waals surface area contributed by atoms with Gasteiger partial charge in [0.15, 0.2) is 0 Å². The lowest BCUT2D eigenvalue weighted by Gasteiger charge is -2.32. The molecule has 7 rings (SSSR count). The quantitative estimate of drug-likeness (QED) is 0.0340. The molecule has 4 nitrogen and oxygen atoms in total. The first-order chi connectivity index (χ1) is 30.0. The number of rotatable bonds is 30. The van der Waals surface area contributed by atoms with E-state index < -0.39 is 11.6 Å². The lowest BCUT2D eigenvalue weighted by molar-refractivity contribution is -0.210. The summed E-state index contributed by atoms with van der Waals surface area (Å²) >= 11 is 5.85. The van der Waals surface area contributed by atoms with Crippen molar-refractivity contribution in [3.63, 3.8) is 0 Å². The van der Waals surface area contributed by atoms with Crippen LogP contribution in [0.3, 0.4) is 0 Å². The standard InChI is InChI=1S/C54H76O4S3/c1-7-13-15-17-19-21-23-25-27-29-31-41-37-47-50(59-41)43-33-39-36-46-44(34-40(39)35-45(43)53(47,55-9-3)56-10-4)51-49(54(46,57-11-5)58-12-6)52-48(61-51)38-42(60-52)32-30-28-26-24-22-20-18-16-14-8-2/h33-38H,7-32H2,1-6H3. The second-order valence-electron chi connectivity index (χ2n) is 17.6. The molecule has 0 unspecified atom stereocenters. The van der Waals surface area contributed by atoms with Gasteiger partial charge in [-0.25, -0.2) is 0 Å². The molecule has 0 saturated carbocycles. The van der Waals surface area contributed by atoms with Gasteiger partial charge in [0.05, 0.1) is 10.3 Å². The molecule has 2 aliphatic rings. The first-order valence-electron chi connectivity index (χ1n) is 24.9. The topological polar surface area (TPSA) is 36.9 Å². The maximum absolute atomic E-state index is 6.87. The number of benzene rings is 2. The van der Waals surface area contributed by atoms with E-state index in [1.165, 1.54) is 190 Å². The Hall–Kier alpha value is -2.10. The Labute approximate surface area is 381 Å². The maximum atomic E-state index is 6.87. The second-order valence-corrected chi connectivity index (χ2v) is 21.0. The summed E-state index contributed by atoms with van der Waals surface area (Å²) in [6.07, 6.45) is 29.5. The van der Waals surface area contributed by atoms with E-state index in [9.17, 15) is 0 Å². The fourth-order valence-corrected chi connectivity index (χ4v) is 14.3. The van der Waals surface area contributed by atoms with E-state index in [1.807, 2.05) is 34.0 Å². The van der Waals surface area contributed by atoms with Crippen LogP contribution in [-0.2, 0) is 43.4 Å². The number of hydrogen-bond donors (Lipinski definition) is 0. The monoisotopic (exact) mass is 884 g/mol. The highest BCUT2D eigenvalue weighted by Crippen LogP contribution is 2.60. The Morgan fingerprint density at radius 3 is 1.31 bits per heavy atom. The highest BCUT2D eigenvalue weighted by molar-refractivity contribution is 7.30. The zero-order valence-corrected chi connectivity index (χ0v) is 41.2. The fourth-order valence-electron chi connectivity index (χ4n) is 10.2. The van der Waals surface area contributed by atoms with E-state index >= 15 is 0 Å². The molecule has 2 aromatic carbocycles. The van der Waals surface area contributed by atoms with Gasteiger partial charge < -0.3 is 18.9 Å². The van der Waals surface area contributed by atoms with Crippen molar-refractivity contribution in [3.05, 3.63) is 68.4 Å². The van der Waals surface area contributed by atoms with Crippen LogP contribution < -0.4 is 0 Å². The minimum atomic E-state index is -0.921. The Balaban J connectivity index is 1.13. The van der Waals surface area contributed by atoms with Gasteiger partial charge in [-0.2, -0.15) is 0 Å². The Kier molecular flexibility index (Phi) is 17.4. The smallest absolute Gasteiger partial charge is 0.225 e. The summed E-state index contributed by atoms with van der Waals surface area (Å²) in [6, 6.07) is 14.4. The zero-order valence-electron chi connectivity index (χ0n) is 38.7. The number of hydrogen-bond acceptors (Lipinski definition) is 7. The van der Waals surface area contributed by atoms with E-state index in [4.69, 9.17) is 18.9 Å². The van der Waals surface area contributed by atoms with Crippen LogP contribution in [0, 0.1) is 0 Å². The average molecular weight is 885 g/mol. The molecule has 3 heterocycles. The number of fused-ring (bicyclic) bond motifs is 9. The summed E-state index contributed by atoms with van der Waals surface area (Å²) in [5.41, 5.74) is 7.17. The molecule has 0 N–H and O–H groups in total. The normalized spacial score (nSPS) is 14.7. The highest BCUT2D eigenvalue weighted by atomic mass is 32.1. The fraction of sp³-hybridized carbons (Fsp3) is 0.630. The van der Waals surface area contributed by atoms with Gasteiger partial charge >= 0.3 is 0 Å². The van der Waals surface area contributed by atoms with Crippen molar-refractivity contribution in [2.45, 2.75) is 194 Å². The number of thiophene rings is 3. The third-order valence-corrected chi connectivity index (χ3v) is 16.9. The lowest BCUT2D eigenvalue weighted by Crippen LogP contribution is -2.33. The van der Waals surface area contributed by atoms with Gasteiger partial charge in [0.1, 0.15) is 0 Å². The third-order valence-electron chi connectivity index (χ3n) is 13.1. The van der Waals surface area contributed by atoms with E-state index in [-0.39, 0.29) is 0 Å². The van der Waals surface area contributed by atoms with Crippen LogP contribution in [0.25, 0.3) is 41.1 Å². The first kappa shape index (κ1) is 46.9. The number of ether oxygens (including phenoxy) is 4. The summed E-state index contributed by atoms with van der Waals surface area (Å²) in [4.78, 5) is 5.53. The van der Waals surface area contributed by atoms with E-state index in [2.05, 4.69) is 77.9 Å². The van der Waals surface area contributed by atoms with Crippen LogP contribution in [0.5, 0.6) is 0 Å². The van der Waals surface area contributed by atoms with E-state index in [0.29, 0.717) is 26.4 Å². The van der Waals surface area contributed by atoms with Crippen molar-refractivity contribution in [2.24, 2.45) is 0 Å². The van der Waals surface area contributed by atoms with Gasteiger partial charge in [-0.05, 0) is 101 Å². The van der Waals surface area contributed by atoms with Crippen LogP contribution in [0.2, 0.25) is 0 Å². The van der Waals surface area contributed by atoms with Crippen molar-refractivity contribution >= 4 is 54.2 Å². The van der Waals surface area contributed by atoms with Gasteiger partial charge in [-0.15, -0.1) is 34.0 Å². The van der Waals surface area contributed by atoms with Crippen molar-refractivity contribution in [1.82, 2.24) is 0 Å². The number of aryl methyl sites for hydroxylation is 2. The lowest BCUT2D eigenvalue weighted by atomic mass is 9.94. The second kappa shape index (κ2) is 22.7. The summed E-state index contributed by atoms with van der Waals surface area (Å²) in [7, 11) is 0. The molecule has 61 heavy (non-hydrogen) atoms. The molecule has 334 valence electrons. The maximum Gasteiger partial charge on any atom is 0.225 e. The third kappa shape index (κ3) is 10.1. The summed E-state index contributed by atoms with van der Waals surface area (Å²) in [6.45, 7) is 15.3. The molecule has 0 aliphatic heterocycles. The zero-order chi connectivity index (χ0) is 42.7. The molecule has 5 aromatic rings. The molecular formula is C54H76O4S3. The Bertz CT molecular complexity index is 2120. The predicted octanol–water partition coefficient (Wildman–Crippen LogP) is 17.6.